The second kappa shape index (κ2) is 7.27. The highest BCUT2D eigenvalue weighted by Crippen LogP contribution is 2.18. The number of aryl methyl sites for hydroxylation is 1. The molecule has 6 heteroatoms. The first-order valence-electron chi connectivity index (χ1n) is 7.45. The van der Waals surface area contributed by atoms with E-state index in [0.29, 0.717) is 29.0 Å². The van der Waals surface area contributed by atoms with Crippen molar-refractivity contribution >= 4 is 28.9 Å². The normalized spacial score (nSPS) is 10.5. The van der Waals surface area contributed by atoms with Crippen LogP contribution >= 0.6 is 11.6 Å². The van der Waals surface area contributed by atoms with Gasteiger partial charge in [0.2, 0.25) is 0 Å². The predicted octanol–water partition coefficient (Wildman–Crippen LogP) is 4.93. The van der Waals surface area contributed by atoms with Crippen molar-refractivity contribution in [2.75, 3.05) is 10.6 Å². The molecule has 1 heterocycles. The smallest absolute Gasteiger partial charge is 0.136 e. The SMILES string of the molecule is Cc1nc(NCc2ccc(Cl)cc2)cc(Nc2ccc(F)cc2)n1. The van der Waals surface area contributed by atoms with Crippen LogP contribution in [0.1, 0.15) is 11.4 Å². The second-order valence-electron chi connectivity index (χ2n) is 5.30. The molecule has 122 valence electrons. The Morgan fingerprint density at radius 3 is 2.33 bits per heavy atom. The fourth-order valence-electron chi connectivity index (χ4n) is 2.20. The molecule has 2 aromatic carbocycles. The van der Waals surface area contributed by atoms with E-state index in [4.69, 9.17) is 11.6 Å². The summed E-state index contributed by atoms with van der Waals surface area (Å²) in [5, 5.41) is 7.12. The lowest BCUT2D eigenvalue weighted by Crippen LogP contribution is -2.05. The maximum Gasteiger partial charge on any atom is 0.136 e. The molecule has 0 saturated heterocycles. The molecule has 0 aliphatic heterocycles. The minimum absolute atomic E-state index is 0.273. The zero-order valence-corrected chi connectivity index (χ0v) is 13.8. The quantitative estimate of drug-likeness (QED) is 0.690. The molecule has 0 amide bonds. The minimum atomic E-state index is -0.273. The first-order chi connectivity index (χ1) is 11.6. The van der Waals surface area contributed by atoms with Gasteiger partial charge in [-0.1, -0.05) is 23.7 Å². The van der Waals surface area contributed by atoms with Gasteiger partial charge in [0.25, 0.3) is 0 Å². The standard InChI is InChI=1S/C18H16ClFN4/c1-12-22-17(21-11-13-2-4-14(19)5-3-13)10-18(23-12)24-16-8-6-15(20)7-9-16/h2-10H,11H2,1H3,(H2,21,22,23,24). The average Bonchev–Trinajstić information content (AvgIpc) is 2.56. The van der Waals surface area contributed by atoms with Crippen molar-refractivity contribution in [1.29, 1.82) is 0 Å². The molecule has 0 atom stereocenters. The topological polar surface area (TPSA) is 49.8 Å². The molecular formula is C18H16ClFN4. The van der Waals surface area contributed by atoms with E-state index in [9.17, 15) is 4.39 Å². The van der Waals surface area contributed by atoms with E-state index in [1.54, 1.807) is 12.1 Å². The molecule has 0 aliphatic carbocycles. The molecule has 0 unspecified atom stereocenters. The van der Waals surface area contributed by atoms with Crippen LogP contribution < -0.4 is 10.6 Å². The highest BCUT2D eigenvalue weighted by Gasteiger charge is 2.03. The van der Waals surface area contributed by atoms with E-state index in [2.05, 4.69) is 20.6 Å². The number of benzene rings is 2. The summed E-state index contributed by atoms with van der Waals surface area (Å²) < 4.78 is 13.0. The van der Waals surface area contributed by atoms with Crippen LogP contribution in [0.4, 0.5) is 21.7 Å². The van der Waals surface area contributed by atoms with E-state index in [1.165, 1.54) is 12.1 Å². The Morgan fingerprint density at radius 2 is 1.62 bits per heavy atom. The average molecular weight is 343 g/mol. The summed E-state index contributed by atoms with van der Waals surface area (Å²) in [4.78, 5) is 8.72. The third kappa shape index (κ3) is 4.43. The highest BCUT2D eigenvalue weighted by molar-refractivity contribution is 6.30. The lowest BCUT2D eigenvalue weighted by molar-refractivity contribution is 0.628. The summed E-state index contributed by atoms with van der Waals surface area (Å²) in [6.07, 6.45) is 0. The molecule has 3 aromatic rings. The van der Waals surface area contributed by atoms with Crippen LogP contribution in [0.3, 0.4) is 0 Å². The van der Waals surface area contributed by atoms with E-state index in [-0.39, 0.29) is 5.82 Å². The summed E-state index contributed by atoms with van der Waals surface area (Å²) in [5.41, 5.74) is 1.86. The van der Waals surface area contributed by atoms with Gasteiger partial charge in [0.1, 0.15) is 23.3 Å². The van der Waals surface area contributed by atoms with E-state index in [0.717, 1.165) is 11.3 Å². The maximum absolute atomic E-state index is 13.0. The zero-order chi connectivity index (χ0) is 16.9. The summed E-state index contributed by atoms with van der Waals surface area (Å²) in [5.74, 6) is 1.72. The van der Waals surface area contributed by atoms with Gasteiger partial charge in [0.05, 0.1) is 0 Å². The van der Waals surface area contributed by atoms with Crippen LogP contribution in [-0.4, -0.2) is 9.97 Å². The number of rotatable bonds is 5. The van der Waals surface area contributed by atoms with Crippen molar-refractivity contribution in [3.63, 3.8) is 0 Å². The number of nitrogens with one attached hydrogen (secondary N) is 2. The lowest BCUT2D eigenvalue weighted by Gasteiger charge is -2.10. The van der Waals surface area contributed by atoms with Gasteiger partial charge in [-0.15, -0.1) is 0 Å². The van der Waals surface area contributed by atoms with Gasteiger partial charge in [-0.05, 0) is 48.9 Å². The van der Waals surface area contributed by atoms with Crippen LogP contribution in [0, 0.1) is 12.7 Å². The molecule has 4 nitrogen and oxygen atoms in total. The molecule has 0 bridgehead atoms. The number of hydrogen-bond acceptors (Lipinski definition) is 4. The number of hydrogen-bond donors (Lipinski definition) is 2. The van der Waals surface area contributed by atoms with E-state index >= 15 is 0 Å². The van der Waals surface area contributed by atoms with Crippen molar-refractivity contribution in [1.82, 2.24) is 9.97 Å². The van der Waals surface area contributed by atoms with Gasteiger partial charge < -0.3 is 10.6 Å². The van der Waals surface area contributed by atoms with Crippen LogP contribution in [0.25, 0.3) is 0 Å². The Morgan fingerprint density at radius 1 is 0.958 bits per heavy atom. The first kappa shape index (κ1) is 16.2. The van der Waals surface area contributed by atoms with Crippen molar-refractivity contribution in [3.05, 3.63) is 76.8 Å². The van der Waals surface area contributed by atoms with Crippen molar-refractivity contribution in [3.8, 4) is 0 Å². The lowest BCUT2D eigenvalue weighted by atomic mass is 10.2. The summed E-state index contributed by atoms with van der Waals surface area (Å²) in [6, 6.07) is 15.6. The molecule has 0 aliphatic rings. The largest absolute Gasteiger partial charge is 0.366 e. The Bertz CT molecular complexity index is 819. The maximum atomic E-state index is 13.0. The Kier molecular flexibility index (Phi) is 4.91. The number of aromatic nitrogens is 2. The fraction of sp³-hybridized carbons (Fsp3) is 0.111. The van der Waals surface area contributed by atoms with Crippen LogP contribution in [0.15, 0.2) is 54.6 Å². The third-order valence-electron chi connectivity index (χ3n) is 3.34. The molecule has 0 radical (unpaired) electrons. The van der Waals surface area contributed by atoms with Gasteiger partial charge in [0, 0.05) is 23.3 Å². The van der Waals surface area contributed by atoms with Gasteiger partial charge in [0.15, 0.2) is 0 Å². The zero-order valence-electron chi connectivity index (χ0n) is 13.1. The Labute approximate surface area is 144 Å². The Hall–Kier alpha value is -2.66. The first-order valence-corrected chi connectivity index (χ1v) is 7.83. The molecular weight excluding hydrogens is 327 g/mol. The molecule has 0 saturated carbocycles. The molecule has 24 heavy (non-hydrogen) atoms. The van der Waals surface area contributed by atoms with Gasteiger partial charge >= 0.3 is 0 Å². The van der Waals surface area contributed by atoms with Gasteiger partial charge in [-0.25, -0.2) is 14.4 Å². The second-order valence-corrected chi connectivity index (χ2v) is 5.73. The molecule has 0 spiro atoms. The van der Waals surface area contributed by atoms with Crippen molar-refractivity contribution in [2.24, 2.45) is 0 Å². The van der Waals surface area contributed by atoms with Crippen molar-refractivity contribution in [2.45, 2.75) is 13.5 Å². The monoisotopic (exact) mass is 342 g/mol. The van der Waals surface area contributed by atoms with Crippen LogP contribution in [0.2, 0.25) is 5.02 Å². The van der Waals surface area contributed by atoms with Crippen LogP contribution in [-0.2, 0) is 6.54 Å². The van der Waals surface area contributed by atoms with E-state index < -0.39 is 0 Å². The third-order valence-corrected chi connectivity index (χ3v) is 3.59. The molecule has 2 N–H and O–H groups in total. The molecule has 3 rings (SSSR count). The van der Waals surface area contributed by atoms with Crippen LogP contribution in [0.5, 0.6) is 0 Å². The number of halogens is 2. The number of anilines is 3. The Balaban J connectivity index is 1.71. The summed E-state index contributed by atoms with van der Waals surface area (Å²) >= 11 is 5.88. The predicted molar refractivity (Wildman–Crippen MR) is 95.2 cm³/mol. The van der Waals surface area contributed by atoms with Crippen molar-refractivity contribution < 1.29 is 4.39 Å². The summed E-state index contributed by atoms with van der Waals surface area (Å²) in [6.45, 7) is 2.45. The minimum Gasteiger partial charge on any atom is -0.366 e. The van der Waals surface area contributed by atoms with Gasteiger partial charge in [-0.2, -0.15) is 0 Å². The highest BCUT2D eigenvalue weighted by atomic mass is 35.5. The molecule has 0 fully saturated rings. The van der Waals surface area contributed by atoms with Gasteiger partial charge in [-0.3, -0.25) is 0 Å². The summed E-state index contributed by atoms with van der Waals surface area (Å²) in [7, 11) is 0. The molecule has 1 aromatic heterocycles. The fourth-order valence-corrected chi connectivity index (χ4v) is 2.32. The van der Waals surface area contributed by atoms with E-state index in [1.807, 2.05) is 37.3 Å². The number of nitrogens with zero attached hydrogens (tertiary/aromatic N) is 2.